The third kappa shape index (κ3) is 2.91. The molecule has 5 heteroatoms. The molecule has 0 saturated heterocycles. The summed E-state index contributed by atoms with van der Waals surface area (Å²) in [5, 5.41) is 12.0. The summed E-state index contributed by atoms with van der Waals surface area (Å²) in [5.41, 5.74) is 1.28. The van der Waals surface area contributed by atoms with E-state index < -0.39 is 0 Å². The Labute approximate surface area is 110 Å². The van der Waals surface area contributed by atoms with Gasteiger partial charge < -0.3 is 9.73 Å². The third-order valence-corrected chi connectivity index (χ3v) is 3.79. The van der Waals surface area contributed by atoms with Crippen molar-refractivity contribution in [3.8, 4) is 0 Å². The van der Waals surface area contributed by atoms with Crippen molar-refractivity contribution in [1.29, 1.82) is 0 Å². The van der Waals surface area contributed by atoms with Gasteiger partial charge in [-0.2, -0.15) is 0 Å². The van der Waals surface area contributed by atoms with Crippen LogP contribution in [0.15, 0.2) is 38.8 Å². The number of rotatable bonds is 5. The lowest BCUT2D eigenvalue weighted by Gasteiger charge is -2.07. The van der Waals surface area contributed by atoms with Crippen LogP contribution >= 0.6 is 11.8 Å². The van der Waals surface area contributed by atoms with E-state index in [2.05, 4.69) is 33.7 Å². The number of aromatic nitrogens is 2. The zero-order chi connectivity index (χ0) is 12.4. The molecule has 1 aliphatic carbocycles. The van der Waals surface area contributed by atoms with Gasteiger partial charge in [0.15, 0.2) is 0 Å². The molecule has 2 aromatic rings. The lowest BCUT2D eigenvalue weighted by molar-refractivity contribution is 0.429. The molecule has 1 N–H and O–H groups in total. The van der Waals surface area contributed by atoms with Gasteiger partial charge in [0.1, 0.15) is 0 Å². The van der Waals surface area contributed by atoms with Crippen molar-refractivity contribution in [1.82, 2.24) is 15.5 Å². The van der Waals surface area contributed by atoms with E-state index in [1.54, 1.807) is 6.92 Å². The summed E-state index contributed by atoms with van der Waals surface area (Å²) in [5.74, 6) is 0.603. The summed E-state index contributed by atoms with van der Waals surface area (Å²) in [6, 6.07) is 9.04. The maximum absolute atomic E-state index is 5.40. The van der Waals surface area contributed by atoms with Crippen molar-refractivity contribution in [3.05, 3.63) is 35.7 Å². The summed E-state index contributed by atoms with van der Waals surface area (Å²) >= 11 is 1.53. The van der Waals surface area contributed by atoms with E-state index in [0.29, 0.717) is 17.2 Å². The summed E-state index contributed by atoms with van der Waals surface area (Å²) in [4.78, 5) is 1.18. The second kappa shape index (κ2) is 5.12. The van der Waals surface area contributed by atoms with Gasteiger partial charge in [0.05, 0.1) is 0 Å². The minimum absolute atomic E-state index is 0.603. The molecule has 1 aliphatic rings. The number of benzene rings is 1. The monoisotopic (exact) mass is 261 g/mol. The Hall–Kier alpha value is -1.33. The lowest BCUT2D eigenvalue weighted by Crippen LogP contribution is -2.15. The Bertz CT molecular complexity index is 537. The second-order valence-corrected chi connectivity index (χ2v) is 5.45. The van der Waals surface area contributed by atoms with Gasteiger partial charge in [0.25, 0.3) is 5.22 Å². The number of nitrogens with one attached hydrogen (secondary N) is 1. The standard InChI is InChI=1S/C13H15N3OS/c1-9-15-16-13(17-9)18-12-5-3-2-4-10(12)8-14-11-6-7-11/h2-5,11,14H,6-8H2,1H3. The van der Waals surface area contributed by atoms with Crippen LogP contribution in [-0.4, -0.2) is 16.2 Å². The fourth-order valence-corrected chi connectivity index (χ4v) is 2.55. The minimum Gasteiger partial charge on any atom is -0.416 e. The normalized spacial score (nSPS) is 14.9. The number of hydrogen-bond acceptors (Lipinski definition) is 5. The molecule has 0 unspecified atom stereocenters. The Balaban J connectivity index is 1.73. The molecule has 94 valence electrons. The van der Waals surface area contributed by atoms with Gasteiger partial charge in [-0.05, 0) is 36.2 Å². The van der Waals surface area contributed by atoms with E-state index in [-0.39, 0.29) is 0 Å². The largest absolute Gasteiger partial charge is 0.416 e. The summed E-state index contributed by atoms with van der Waals surface area (Å²) in [7, 11) is 0. The molecule has 1 aromatic heterocycles. The number of nitrogens with zero attached hydrogens (tertiary/aromatic N) is 2. The first-order valence-electron chi connectivity index (χ1n) is 6.10. The second-order valence-electron chi connectivity index (χ2n) is 4.45. The first kappa shape index (κ1) is 11.7. The van der Waals surface area contributed by atoms with E-state index in [0.717, 1.165) is 6.54 Å². The van der Waals surface area contributed by atoms with E-state index in [1.165, 1.54) is 35.1 Å². The molecule has 3 rings (SSSR count). The molecular formula is C13H15N3OS. The van der Waals surface area contributed by atoms with Crippen molar-refractivity contribution >= 4 is 11.8 Å². The highest BCUT2D eigenvalue weighted by Gasteiger charge is 2.20. The van der Waals surface area contributed by atoms with Crippen LogP contribution in [-0.2, 0) is 6.54 Å². The fourth-order valence-electron chi connectivity index (χ4n) is 1.70. The Morgan fingerprint density at radius 1 is 1.33 bits per heavy atom. The van der Waals surface area contributed by atoms with Crippen LogP contribution in [0.3, 0.4) is 0 Å². The van der Waals surface area contributed by atoms with Gasteiger partial charge in [-0.25, -0.2) is 0 Å². The van der Waals surface area contributed by atoms with E-state index in [9.17, 15) is 0 Å². The van der Waals surface area contributed by atoms with Gasteiger partial charge in [0.2, 0.25) is 5.89 Å². The van der Waals surface area contributed by atoms with E-state index >= 15 is 0 Å². The van der Waals surface area contributed by atoms with Crippen LogP contribution in [0.2, 0.25) is 0 Å². The zero-order valence-corrected chi connectivity index (χ0v) is 11.0. The van der Waals surface area contributed by atoms with Crippen molar-refractivity contribution in [2.45, 2.75) is 42.5 Å². The molecule has 1 heterocycles. The Morgan fingerprint density at radius 3 is 2.89 bits per heavy atom. The zero-order valence-electron chi connectivity index (χ0n) is 10.2. The molecule has 0 atom stereocenters. The topological polar surface area (TPSA) is 51.0 Å². The highest BCUT2D eigenvalue weighted by Crippen LogP contribution is 2.30. The van der Waals surface area contributed by atoms with Crippen molar-refractivity contribution in [2.24, 2.45) is 0 Å². The van der Waals surface area contributed by atoms with Gasteiger partial charge >= 0.3 is 0 Å². The van der Waals surface area contributed by atoms with Crippen LogP contribution in [0.4, 0.5) is 0 Å². The van der Waals surface area contributed by atoms with Gasteiger partial charge in [-0.3, -0.25) is 0 Å². The first-order valence-corrected chi connectivity index (χ1v) is 6.92. The lowest BCUT2D eigenvalue weighted by atomic mass is 10.2. The summed E-state index contributed by atoms with van der Waals surface area (Å²) in [6.45, 7) is 2.71. The Morgan fingerprint density at radius 2 is 2.17 bits per heavy atom. The average Bonchev–Trinajstić information content (AvgIpc) is 3.12. The molecular weight excluding hydrogens is 246 g/mol. The molecule has 0 bridgehead atoms. The maximum Gasteiger partial charge on any atom is 0.281 e. The molecule has 1 saturated carbocycles. The van der Waals surface area contributed by atoms with Crippen LogP contribution in [0.5, 0.6) is 0 Å². The molecule has 0 spiro atoms. The van der Waals surface area contributed by atoms with Gasteiger partial charge in [-0.1, -0.05) is 18.2 Å². The first-order chi connectivity index (χ1) is 8.81. The number of aryl methyl sites for hydroxylation is 1. The average molecular weight is 261 g/mol. The predicted molar refractivity (Wildman–Crippen MR) is 69.5 cm³/mol. The van der Waals surface area contributed by atoms with Crippen molar-refractivity contribution < 1.29 is 4.42 Å². The quantitative estimate of drug-likeness (QED) is 0.897. The van der Waals surface area contributed by atoms with Crippen molar-refractivity contribution in [3.63, 3.8) is 0 Å². The molecule has 18 heavy (non-hydrogen) atoms. The highest BCUT2D eigenvalue weighted by atomic mass is 32.2. The minimum atomic E-state index is 0.603. The molecule has 1 aromatic carbocycles. The molecule has 0 amide bonds. The number of hydrogen-bond donors (Lipinski definition) is 1. The van der Waals surface area contributed by atoms with Crippen LogP contribution in [0.25, 0.3) is 0 Å². The summed E-state index contributed by atoms with van der Waals surface area (Å²) in [6.07, 6.45) is 2.61. The van der Waals surface area contributed by atoms with Crippen LogP contribution < -0.4 is 5.32 Å². The van der Waals surface area contributed by atoms with Crippen molar-refractivity contribution in [2.75, 3.05) is 0 Å². The van der Waals surface area contributed by atoms with Crippen LogP contribution in [0, 0.1) is 6.92 Å². The smallest absolute Gasteiger partial charge is 0.281 e. The van der Waals surface area contributed by atoms with Gasteiger partial charge in [-0.15, -0.1) is 10.2 Å². The predicted octanol–water partition coefficient (Wildman–Crippen LogP) is 2.78. The fraction of sp³-hybridized carbons (Fsp3) is 0.385. The molecule has 0 aliphatic heterocycles. The maximum atomic E-state index is 5.40. The SMILES string of the molecule is Cc1nnc(Sc2ccccc2CNC2CC2)o1. The van der Waals surface area contributed by atoms with Crippen LogP contribution in [0.1, 0.15) is 24.3 Å². The molecule has 0 radical (unpaired) electrons. The highest BCUT2D eigenvalue weighted by molar-refractivity contribution is 7.99. The molecule has 4 nitrogen and oxygen atoms in total. The third-order valence-electron chi connectivity index (χ3n) is 2.84. The van der Waals surface area contributed by atoms with E-state index in [4.69, 9.17) is 4.42 Å². The Kier molecular flexibility index (Phi) is 3.34. The molecule has 1 fully saturated rings. The van der Waals surface area contributed by atoms with Gasteiger partial charge in [0, 0.05) is 24.4 Å². The summed E-state index contributed by atoms with van der Waals surface area (Å²) < 4.78 is 5.40. The van der Waals surface area contributed by atoms with E-state index in [1.807, 2.05) is 6.07 Å².